The summed E-state index contributed by atoms with van der Waals surface area (Å²) in [6.07, 6.45) is 0.660. The zero-order valence-corrected chi connectivity index (χ0v) is 25.8. The lowest BCUT2D eigenvalue weighted by Crippen LogP contribution is -2.65. The highest BCUT2D eigenvalue weighted by molar-refractivity contribution is 7.99. The number of nitrogens with zero attached hydrogens (tertiary/aromatic N) is 3. The van der Waals surface area contributed by atoms with E-state index in [0.717, 1.165) is 37.0 Å². The molecule has 1 aliphatic heterocycles. The molecule has 14 heteroatoms. The van der Waals surface area contributed by atoms with Gasteiger partial charge in [-0.25, -0.2) is 0 Å². The molecular formula is C29H38N4O9S. The second kappa shape index (κ2) is 14.7. The lowest BCUT2D eigenvalue weighted by atomic mass is 9.97. The second-order valence-electron chi connectivity index (χ2n) is 10.6. The first-order valence-electron chi connectivity index (χ1n) is 14.2. The van der Waals surface area contributed by atoms with Crippen LogP contribution in [-0.4, -0.2) is 75.0 Å². The Bertz CT molecular complexity index is 1310. The summed E-state index contributed by atoms with van der Waals surface area (Å²) in [6, 6.07) is 6.89. The van der Waals surface area contributed by atoms with Gasteiger partial charge in [-0.2, -0.15) is 0 Å². The predicted molar refractivity (Wildman–Crippen MR) is 153 cm³/mol. The van der Waals surface area contributed by atoms with Crippen molar-refractivity contribution in [3.63, 3.8) is 0 Å². The number of rotatable bonds is 11. The van der Waals surface area contributed by atoms with Crippen molar-refractivity contribution in [1.29, 1.82) is 0 Å². The zero-order valence-electron chi connectivity index (χ0n) is 24.9. The molecule has 2 heterocycles. The van der Waals surface area contributed by atoms with Crippen LogP contribution in [0.1, 0.15) is 70.8 Å². The summed E-state index contributed by atoms with van der Waals surface area (Å²) in [4.78, 5) is 48.3. The normalized spacial score (nSPS) is 23.8. The monoisotopic (exact) mass is 618 g/mol. The summed E-state index contributed by atoms with van der Waals surface area (Å²) in [5.74, 6) is -0.921. The Labute approximate surface area is 254 Å². The molecule has 0 unspecified atom stereocenters. The van der Waals surface area contributed by atoms with Crippen molar-refractivity contribution in [3.05, 3.63) is 35.7 Å². The fraction of sp³-hybridized carbons (Fsp3) is 0.586. The van der Waals surface area contributed by atoms with Crippen LogP contribution in [0.2, 0.25) is 0 Å². The highest BCUT2D eigenvalue weighted by Gasteiger charge is 2.51. The number of benzene rings is 1. The number of thioether (sulfide) groups is 1. The Balaban J connectivity index is 1.69. The number of aryl methyl sites for hydroxylation is 1. The molecule has 1 aliphatic carbocycles. The number of hydrogen-bond acceptors (Lipinski definition) is 12. The predicted octanol–water partition coefficient (Wildman–Crippen LogP) is 3.03. The van der Waals surface area contributed by atoms with Crippen molar-refractivity contribution in [3.8, 4) is 5.75 Å². The van der Waals surface area contributed by atoms with Crippen molar-refractivity contribution in [1.82, 2.24) is 20.1 Å². The molecule has 5 atom stereocenters. The molecule has 2 fully saturated rings. The number of para-hydroxylation sites is 1. The standard InChI is InChI=1S/C29H38N4O9S/c1-16-10-6-9-13-22(16)39-15-24-31-32-29(33(24)21-11-7-8-12-21)43-28-25(30-17(2)34)27(41-20(5)37)26(40-19(4)36)23(42-28)14-38-18(3)35/h6,9-10,13,21,23,25-28H,7-8,11-12,14-15H2,1-5H3,(H,30,34)/t23-,25+,26+,27-,28-/m0/s1. The third-order valence-electron chi connectivity index (χ3n) is 7.17. The fourth-order valence-corrected chi connectivity index (χ4v) is 6.60. The van der Waals surface area contributed by atoms with Crippen LogP contribution in [0.25, 0.3) is 0 Å². The van der Waals surface area contributed by atoms with Crippen LogP contribution in [0.15, 0.2) is 29.4 Å². The number of amides is 1. The molecule has 13 nitrogen and oxygen atoms in total. The van der Waals surface area contributed by atoms with Crippen LogP contribution < -0.4 is 10.1 Å². The number of esters is 3. The minimum absolute atomic E-state index is 0.130. The quantitative estimate of drug-likeness (QED) is 0.290. The molecule has 1 N–H and O–H groups in total. The number of ether oxygens (including phenoxy) is 5. The summed E-state index contributed by atoms with van der Waals surface area (Å²) in [7, 11) is 0. The molecule has 1 aromatic heterocycles. The largest absolute Gasteiger partial charge is 0.485 e. The maximum absolute atomic E-state index is 12.4. The highest BCUT2D eigenvalue weighted by Crippen LogP contribution is 2.39. The van der Waals surface area contributed by atoms with Crippen molar-refractivity contribution in [2.45, 2.75) is 108 Å². The highest BCUT2D eigenvalue weighted by atomic mass is 32.2. The molecule has 0 bridgehead atoms. The minimum atomic E-state index is -1.17. The van der Waals surface area contributed by atoms with Crippen LogP contribution in [0.5, 0.6) is 5.75 Å². The van der Waals surface area contributed by atoms with Gasteiger partial charge in [-0.3, -0.25) is 23.7 Å². The smallest absolute Gasteiger partial charge is 0.303 e. The maximum Gasteiger partial charge on any atom is 0.303 e. The minimum Gasteiger partial charge on any atom is -0.485 e. The molecule has 1 saturated heterocycles. The van der Waals surface area contributed by atoms with Crippen molar-refractivity contribution >= 4 is 35.6 Å². The zero-order chi connectivity index (χ0) is 31.1. The lowest BCUT2D eigenvalue weighted by Gasteiger charge is -2.44. The van der Waals surface area contributed by atoms with Gasteiger partial charge < -0.3 is 29.0 Å². The van der Waals surface area contributed by atoms with Gasteiger partial charge in [-0.15, -0.1) is 10.2 Å². The number of carbonyl (C=O) groups excluding carboxylic acids is 4. The van der Waals surface area contributed by atoms with E-state index in [0.29, 0.717) is 11.0 Å². The Morgan fingerprint density at radius 3 is 2.28 bits per heavy atom. The van der Waals surface area contributed by atoms with Gasteiger partial charge in [0.05, 0.1) is 0 Å². The Hall–Kier alpha value is -3.65. The van der Waals surface area contributed by atoms with Gasteiger partial charge in [0.1, 0.15) is 36.5 Å². The molecule has 0 spiro atoms. The Morgan fingerprint density at radius 1 is 0.977 bits per heavy atom. The van der Waals surface area contributed by atoms with Crippen LogP contribution >= 0.6 is 11.8 Å². The summed E-state index contributed by atoms with van der Waals surface area (Å²) in [5.41, 5.74) is 0.102. The van der Waals surface area contributed by atoms with Crippen molar-refractivity contribution < 1.29 is 42.9 Å². The fourth-order valence-electron chi connectivity index (χ4n) is 5.37. The van der Waals surface area contributed by atoms with E-state index in [1.54, 1.807) is 0 Å². The van der Waals surface area contributed by atoms with Crippen LogP contribution in [0.4, 0.5) is 0 Å². The molecule has 0 radical (unpaired) electrons. The Kier molecular flexibility index (Phi) is 11.0. The van der Waals surface area contributed by atoms with Crippen LogP contribution in [-0.2, 0) is 44.7 Å². The average molecular weight is 619 g/mol. The molecular weight excluding hydrogens is 580 g/mol. The van der Waals surface area contributed by atoms with Gasteiger partial charge in [-0.05, 0) is 31.4 Å². The van der Waals surface area contributed by atoms with Gasteiger partial charge >= 0.3 is 17.9 Å². The van der Waals surface area contributed by atoms with Crippen LogP contribution in [0, 0.1) is 6.92 Å². The molecule has 1 amide bonds. The van der Waals surface area contributed by atoms with Gasteiger partial charge in [-0.1, -0.05) is 42.8 Å². The summed E-state index contributed by atoms with van der Waals surface area (Å²) in [5, 5.41) is 12.3. The summed E-state index contributed by atoms with van der Waals surface area (Å²) >= 11 is 1.19. The molecule has 1 saturated carbocycles. The SMILES string of the molecule is CC(=O)N[C@@H]1[C@H](OC(C)=O)[C@H](OC(C)=O)[C@H](COC(C)=O)O[C@H]1Sc1nnc(COc2ccccc2C)n1C1CCCC1. The van der Waals surface area contributed by atoms with E-state index in [2.05, 4.69) is 15.5 Å². The number of nitrogens with one attached hydrogen (secondary N) is 1. The molecule has 234 valence electrons. The third kappa shape index (κ3) is 8.47. The molecule has 2 aliphatic rings. The van der Waals surface area contributed by atoms with Gasteiger partial charge in [0.2, 0.25) is 5.91 Å². The molecule has 43 heavy (non-hydrogen) atoms. The van der Waals surface area contributed by atoms with Crippen molar-refractivity contribution in [2.75, 3.05) is 6.61 Å². The molecule has 1 aromatic carbocycles. The summed E-state index contributed by atoms with van der Waals surface area (Å²) in [6.45, 7) is 6.85. The van der Waals surface area contributed by atoms with E-state index in [1.807, 2.05) is 35.8 Å². The van der Waals surface area contributed by atoms with E-state index < -0.39 is 53.6 Å². The van der Waals surface area contributed by atoms with E-state index in [1.165, 1.54) is 39.5 Å². The number of hydrogen-bond donors (Lipinski definition) is 1. The van der Waals surface area contributed by atoms with E-state index in [-0.39, 0.29) is 19.3 Å². The van der Waals surface area contributed by atoms with Gasteiger partial charge in [0.25, 0.3) is 0 Å². The van der Waals surface area contributed by atoms with E-state index in [4.69, 9.17) is 23.7 Å². The van der Waals surface area contributed by atoms with Gasteiger partial charge in [0.15, 0.2) is 23.2 Å². The number of aromatic nitrogens is 3. The first-order valence-corrected chi connectivity index (χ1v) is 15.1. The summed E-state index contributed by atoms with van der Waals surface area (Å²) < 4.78 is 30.8. The van der Waals surface area contributed by atoms with E-state index in [9.17, 15) is 19.2 Å². The molecule has 4 rings (SSSR count). The maximum atomic E-state index is 12.4. The number of carbonyl (C=O) groups is 4. The van der Waals surface area contributed by atoms with Crippen LogP contribution in [0.3, 0.4) is 0 Å². The average Bonchev–Trinajstić information content (AvgIpc) is 3.59. The molecule has 2 aromatic rings. The second-order valence-corrected chi connectivity index (χ2v) is 11.7. The first-order chi connectivity index (χ1) is 20.5. The van der Waals surface area contributed by atoms with Gasteiger partial charge in [0, 0.05) is 33.7 Å². The first kappa shape index (κ1) is 32.3. The van der Waals surface area contributed by atoms with E-state index >= 15 is 0 Å². The Morgan fingerprint density at radius 2 is 1.65 bits per heavy atom. The van der Waals surface area contributed by atoms with Crippen molar-refractivity contribution in [2.24, 2.45) is 0 Å². The third-order valence-corrected chi connectivity index (χ3v) is 8.29. The lowest BCUT2D eigenvalue weighted by molar-refractivity contribution is -0.211. The topological polar surface area (TPSA) is 157 Å².